The van der Waals surface area contributed by atoms with Crippen molar-refractivity contribution in [1.82, 2.24) is 20.0 Å². The number of piperazine rings is 1. The van der Waals surface area contributed by atoms with Crippen molar-refractivity contribution >= 4 is 44.6 Å². The average molecular weight is 432 g/mol. The van der Waals surface area contributed by atoms with Crippen LogP contribution in [0.1, 0.15) is 0 Å². The van der Waals surface area contributed by atoms with Crippen molar-refractivity contribution < 1.29 is 4.79 Å². The predicted molar refractivity (Wildman–Crippen MR) is 117 cm³/mol. The highest BCUT2D eigenvalue weighted by atomic mass is 35.5. The summed E-state index contributed by atoms with van der Waals surface area (Å²) in [5, 5.41) is 10.4. The van der Waals surface area contributed by atoms with E-state index >= 15 is 0 Å². The van der Waals surface area contributed by atoms with E-state index in [2.05, 4.69) is 26.3 Å². The normalized spacial score (nSPS) is 15.0. The highest BCUT2D eigenvalue weighted by molar-refractivity contribution is 7.17. The van der Waals surface area contributed by atoms with Gasteiger partial charge in [-0.2, -0.15) is 5.10 Å². The third-order valence-electron chi connectivity index (χ3n) is 5.05. The van der Waals surface area contributed by atoms with Crippen molar-refractivity contribution in [2.45, 2.75) is 6.54 Å². The van der Waals surface area contributed by atoms with E-state index in [4.69, 9.17) is 11.6 Å². The van der Waals surface area contributed by atoms with Crippen LogP contribution in [0.15, 0.2) is 46.7 Å². The van der Waals surface area contributed by atoms with E-state index in [1.54, 1.807) is 6.20 Å². The Morgan fingerprint density at radius 1 is 1.21 bits per heavy atom. The third kappa shape index (κ3) is 4.77. The molecule has 0 aliphatic carbocycles. The highest BCUT2D eigenvalue weighted by Crippen LogP contribution is 2.20. The first-order valence-corrected chi connectivity index (χ1v) is 10.8. The first-order chi connectivity index (χ1) is 14.1. The Balaban J connectivity index is 1.22. The number of carbonyl (C=O) groups is 1. The zero-order valence-electron chi connectivity index (χ0n) is 15.9. The van der Waals surface area contributed by atoms with Crippen LogP contribution in [0, 0.1) is 0 Å². The second-order valence-electron chi connectivity index (χ2n) is 6.97. The quantitative estimate of drug-likeness (QED) is 0.646. The van der Waals surface area contributed by atoms with Crippen LogP contribution in [0.4, 0.5) is 5.69 Å². The Morgan fingerprint density at radius 3 is 2.83 bits per heavy atom. The molecule has 152 valence electrons. The maximum Gasteiger partial charge on any atom is 0.285 e. The molecule has 1 N–H and O–H groups in total. The van der Waals surface area contributed by atoms with E-state index in [1.807, 2.05) is 29.6 Å². The van der Waals surface area contributed by atoms with Crippen LogP contribution >= 0.6 is 22.9 Å². The summed E-state index contributed by atoms with van der Waals surface area (Å²) in [7, 11) is 0. The van der Waals surface area contributed by atoms with Crippen molar-refractivity contribution in [3.05, 3.63) is 57.3 Å². The molecule has 2 aromatic heterocycles. The molecule has 1 aromatic carbocycles. The van der Waals surface area contributed by atoms with Crippen LogP contribution in [0.3, 0.4) is 0 Å². The Kier molecular flexibility index (Phi) is 6.13. The number of rotatable bonds is 6. The summed E-state index contributed by atoms with van der Waals surface area (Å²) < 4.78 is 1.85. The molecule has 0 radical (unpaired) electrons. The van der Waals surface area contributed by atoms with Gasteiger partial charge in [-0.3, -0.25) is 14.5 Å². The third-order valence-corrected chi connectivity index (χ3v) is 6.20. The SMILES string of the molecule is O=C(Cn1ncc2ccsc2c1=O)NCCN1CCN(c2cccc(Cl)c2)CC1. The van der Waals surface area contributed by atoms with E-state index in [0.717, 1.165) is 48.8 Å². The fourth-order valence-corrected chi connectivity index (χ4v) is 4.45. The fraction of sp³-hybridized carbons (Fsp3) is 0.350. The lowest BCUT2D eigenvalue weighted by molar-refractivity contribution is -0.121. The molecule has 7 nitrogen and oxygen atoms in total. The van der Waals surface area contributed by atoms with Crippen LogP contribution in [-0.2, 0) is 11.3 Å². The first-order valence-electron chi connectivity index (χ1n) is 9.53. The largest absolute Gasteiger partial charge is 0.369 e. The Labute approximate surface area is 177 Å². The lowest BCUT2D eigenvalue weighted by Gasteiger charge is -2.36. The van der Waals surface area contributed by atoms with E-state index in [1.165, 1.54) is 16.0 Å². The number of hydrogen-bond acceptors (Lipinski definition) is 6. The minimum Gasteiger partial charge on any atom is -0.369 e. The summed E-state index contributed by atoms with van der Waals surface area (Å²) in [5.74, 6) is -0.201. The standard InChI is InChI=1S/C20H22ClN5O2S/c21-16-2-1-3-17(12-16)25-9-7-24(8-10-25)6-5-22-18(27)14-26-20(28)19-15(13-23-26)4-11-29-19/h1-4,11-13H,5-10,14H2,(H,22,27). The first kappa shape index (κ1) is 19.9. The molecule has 0 bridgehead atoms. The minimum absolute atomic E-state index is 0.0603. The summed E-state index contributed by atoms with van der Waals surface area (Å²) in [6.07, 6.45) is 1.62. The molecule has 0 saturated carbocycles. The molecule has 0 unspecified atom stereocenters. The van der Waals surface area contributed by atoms with Gasteiger partial charge in [0.2, 0.25) is 5.91 Å². The van der Waals surface area contributed by atoms with Gasteiger partial charge in [0.05, 0.1) is 6.20 Å². The Hall–Kier alpha value is -2.42. The molecule has 29 heavy (non-hydrogen) atoms. The molecular formula is C20H22ClN5O2S. The monoisotopic (exact) mass is 431 g/mol. The van der Waals surface area contributed by atoms with Crippen LogP contribution in [-0.4, -0.2) is 59.9 Å². The van der Waals surface area contributed by atoms with Crippen LogP contribution in [0.25, 0.3) is 10.1 Å². The van der Waals surface area contributed by atoms with Gasteiger partial charge in [-0.05, 0) is 29.6 Å². The molecule has 1 saturated heterocycles. The molecule has 1 amide bonds. The molecule has 9 heteroatoms. The van der Waals surface area contributed by atoms with Gasteiger partial charge >= 0.3 is 0 Å². The van der Waals surface area contributed by atoms with E-state index in [9.17, 15) is 9.59 Å². The van der Waals surface area contributed by atoms with E-state index < -0.39 is 0 Å². The number of fused-ring (bicyclic) bond motifs is 1. The molecule has 0 spiro atoms. The topological polar surface area (TPSA) is 70.5 Å². The molecular weight excluding hydrogens is 410 g/mol. The van der Waals surface area contributed by atoms with Crippen LogP contribution in [0.5, 0.6) is 0 Å². The van der Waals surface area contributed by atoms with Crippen molar-refractivity contribution in [3.63, 3.8) is 0 Å². The fourth-order valence-electron chi connectivity index (χ4n) is 3.46. The maximum atomic E-state index is 12.3. The lowest BCUT2D eigenvalue weighted by Crippen LogP contribution is -2.48. The van der Waals surface area contributed by atoms with E-state index in [-0.39, 0.29) is 18.0 Å². The molecule has 1 aliphatic heterocycles. The molecule has 1 aliphatic rings. The smallest absolute Gasteiger partial charge is 0.285 e. The van der Waals surface area contributed by atoms with Gasteiger partial charge in [-0.1, -0.05) is 17.7 Å². The molecule has 0 atom stereocenters. The molecule has 1 fully saturated rings. The average Bonchev–Trinajstić information content (AvgIpc) is 3.20. The lowest BCUT2D eigenvalue weighted by atomic mass is 10.2. The summed E-state index contributed by atoms with van der Waals surface area (Å²) in [4.78, 5) is 29.2. The molecule has 3 aromatic rings. The van der Waals surface area contributed by atoms with Crippen LogP contribution < -0.4 is 15.8 Å². The van der Waals surface area contributed by atoms with Gasteiger partial charge in [0.15, 0.2) is 0 Å². The van der Waals surface area contributed by atoms with Crippen molar-refractivity contribution in [1.29, 1.82) is 0 Å². The van der Waals surface area contributed by atoms with Crippen molar-refractivity contribution in [2.75, 3.05) is 44.2 Å². The second-order valence-corrected chi connectivity index (χ2v) is 8.32. The molecule has 3 heterocycles. The number of halogens is 1. The Bertz CT molecular complexity index is 1060. The maximum absolute atomic E-state index is 12.3. The zero-order chi connectivity index (χ0) is 20.2. The van der Waals surface area contributed by atoms with Gasteiger partial charge in [-0.15, -0.1) is 11.3 Å². The van der Waals surface area contributed by atoms with Gasteiger partial charge in [0, 0.05) is 55.4 Å². The van der Waals surface area contributed by atoms with Gasteiger partial charge in [0.25, 0.3) is 5.56 Å². The number of anilines is 1. The Morgan fingerprint density at radius 2 is 2.03 bits per heavy atom. The summed E-state index contributed by atoms with van der Waals surface area (Å²) in [5.41, 5.74) is 0.927. The summed E-state index contributed by atoms with van der Waals surface area (Å²) in [6, 6.07) is 9.76. The number of carbonyl (C=O) groups excluding carboxylic acids is 1. The van der Waals surface area contributed by atoms with Gasteiger partial charge in [0.1, 0.15) is 11.2 Å². The van der Waals surface area contributed by atoms with Gasteiger partial charge < -0.3 is 10.2 Å². The van der Waals surface area contributed by atoms with Crippen molar-refractivity contribution in [3.8, 4) is 0 Å². The van der Waals surface area contributed by atoms with Crippen LogP contribution in [0.2, 0.25) is 5.02 Å². The number of nitrogens with one attached hydrogen (secondary N) is 1. The second kappa shape index (κ2) is 8.94. The number of aromatic nitrogens is 2. The summed E-state index contributed by atoms with van der Waals surface area (Å²) >= 11 is 7.45. The number of benzene rings is 1. The number of thiophene rings is 1. The number of hydrogen-bond donors (Lipinski definition) is 1. The summed E-state index contributed by atoms with van der Waals surface area (Å²) in [6.45, 7) is 4.97. The minimum atomic E-state index is -0.218. The number of nitrogens with zero attached hydrogens (tertiary/aromatic N) is 4. The predicted octanol–water partition coefficient (Wildman–Crippen LogP) is 2.05. The molecule has 4 rings (SSSR count). The number of amides is 1. The van der Waals surface area contributed by atoms with Gasteiger partial charge in [-0.25, -0.2) is 4.68 Å². The highest BCUT2D eigenvalue weighted by Gasteiger charge is 2.17. The van der Waals surface area contributed by atoms with E-state index in [0.29, 0.717) is 11.2 Å². The zero-order valence-corrected chi connectivity index (χ0v) is 17.5. The van der Waals surface area contributed by atoms with Crippen molar-refractivity contribution in [2.24, 2.45) is 0 Å².